The molecule has 11 heteroatoms. The lowest BCUT2D eigenvalue weighted by Gasteiger charge is -2.19. The number of amides is 1. The molecule has 1 aromatic carbocycles. The summed E-state index contributed by atoms with van der Waals surface area (Å²) in [5.41, 5.74) is 1.24. The number of para-hydroxylation sites is 1. The van der Waals surface area contributed by atoms with Gasteiger partial charge in [-0.05, 0) is 25.5 Å². The van der Waals surface area contributed by atoms with Crippen LogP contribution < -0.4 is 10.2 Å². The van der Waals surface area contributed by atoms with E-state index in [2.05, 4.69) is 20.4 Å². The highest BCUT2D eigenvalue weighted by Crippen LogP contribution is 2.31. The van der Waals surface area contributed by atoms with Crippen molar-refractivity contribution in [1.29, 1.82) is 0 Å². The molecule has 0 spiro atoms. The Balaban J connectivity index is 1.50. The summed E-state index contributed by atoms with van der Waals surface area (Å²) in [6.45, 7) is 2.72. The van der Waals surface area contributed by atoms with E-state index in [1.807, 2.05) is 23.1 Å². The van der Waals surface area contributed by atoms with Crippen molar-refractivity contribution in [2.75, 3.05) is 23.3 Å². The number of hydrogen-bond donors (Lipinski definition) is 1. The highest BCUT2D eigenvalue weighted by Gasteiger charge is 2.37. The van der Waals surface area contributed by atoms with Crippen LogP contribution in [0.3, 0.4) is 0 Å². The molecule has 1 amide bonds. The third kappa shape index (κ3) is 3.84. The molecule has 3 heterocycles. The summed E-state index contributed by atoms with van der Waals surface area (Å²) in [4.78, 5) is 22.1. The third-order valence-corrected chi connectivity index (χ3v) is 5.07. The van der Waals surface area contributed by atoms with E-state index in [1.165, 1.54) is 6.07 Å². The van der Waals surface area contributed by atoms with Crippen molar-refractivity contribution in [3.8, 4) is 0 Å². The maximum absolute atomic E-state index is 12.8. The fraction of sp³-hybridized carbons (Fsp3) is 0.333. The molecule has 1 unspecified atom stereocenters. The van der Waals surface area contributed by atoms with Crippen molar-refractivity contribution in [3.05, 3.63) is 46.9 Å². The fourth-order valence-electron chi connectivity index (χ4n) is 3.33. The summed E-state index contributed by atoms with van der Waals surface area (Å²) >= 11 is 6.22. The first-order valence-electron chi connectivity index (χ1n) is 8.84. The molecule has 0 aliphatic carbocycles. The predicted molar refractivity (Wildman–Crippen MR) is 101 cm³/mol. The number of rotatable bonds is 3. The minimum atomic E-state index is -4.67. The van der Waals surface area contributed by atoms with Crippen LogP contribution in [-0.4, -0.2) is 38.6 Å². The van der Waals surface area contributed by atoms with E-state index in [1.54, 1.807) is 13.0 Å². The number of nitrogens with one attached hydrogen (secondary N) is 1. The Kier molecular flexibility index (Phi) is 4.81. The van der Waals surface area contributed by atoms with Crippen LogP contribution in [0.25, 0.3) is 5.78 Å². The van der Waals surface area contributed by atoms with Gasteiger partial charge < -0.3 is 10.2 Å². The van der Waals surface area contributed by atoms with Gasteiger partial charge in [-0.3, -0.25) is 4.79 Å². The van der Waals surface area contributed by atoms with E-state index in [9.17, 15) is 18.0 Å². The smallest absolute Gasteiger partial charge is 0.370 e. The summed E-state index contributed by atoms with van der Waals surface area (Å²) in [5, 5.41) is 6.71. The van der Waals surface area contributed by atoms with E-state index in [0.29, 0.717) is 30.2 Å². The number of carbonyl (C=O) groups excluding carboxylic acids is 1. The molecule has 7 nitrogen and oxygen atoms in total. The normalized spacial score (nSPS) is 17.1. The van der Waals surface area contributed by atoms with Crippen LogP contribution in [0.2, 0.25) is 5.02 Å². The highest BCUT2D eigenvalue weighted by molar-refractivity contribution is 6.33. The molecule has 29 heavy (non-hydrogen) atoms. The Morgan fingerprint density at radius 3 is 2.76 bits per heavy atom. The lowest BCUT2D eigenvalue weighted by Crippen LogP contribution is -2.27. The minimum absolute atomic E-state index is 0.136. The van der Waals surface area contributed by atoms with Crippen LogP contribution in [0.1, 0.15) is 17.9 Å². The third-order valence-electron chi connectivity index (χ3n) is 4.75. The fourth-order valence-corrected chi connectivity index (χ4v) is 3.58. The molecule has 1 saturated heterocycles. The Morgan fingerprint density at radius 2 is 2.03 bits per heavy atom. The molecular formula is C18H16ClF3N6O. The Labute approximate surface area is 168 Å². The molecule has 1 aliphatic heterocycles. The number of alkyl halides is 3. The van der Waals surface area contributed by atoms with Crippen molar-refractivity contribution < 1.29 is 18.0 Å². The van der Waals surface area contributed by atoms with Gasteiger partial charge in [0.1, 0.15) is 5.82 Å². The Morgan fingerprint density at radius 1 is 1.28 bits per heavy atom. The quantitative estimate of drug-likeness (QED) is 0.695. The molecule has 4 rings (SSSR count). The molecule has 0 radical (unpaired) electrons. The number of nitrogens with zero attached hydrogens (tertiary/aromatic N) is 5. The maximum atomic E-state index is 12.8. The van der Waals surface area contributed by atoms with E-state index in [4.69, 9.17) is 11.6 Å². The average molecular weight is 425 g/mol. The number of halogens is 4. The number of benzene rings is 1. The van der Waals surface area contributed by atoms with Gasteiger partial charge in [-0.1, -0.05) is 23.7 Å². The molecule has 0 bridgehead atoms. The van der Waals surface area contributed by atoms with Crippen molar-refractivity contribution >= 4 is 34.8 Å². The number of fused-ring (bicyclic) bond motifs is 1. The maximum Gasteiger partial charge on any atom is 0.453 e. The first-order valence-corrected chi connectivity index (χ1v) is 9.22. The SMILES string of the molecule is Cc1cc(NC(=O)C2CCN(c3ccccc3Cl)C2)nc2nc(C(F)(F)F)nn12. The van der Waals surface area contributed by atoms with Gasteiger partial charge in [0.05, 0.1) is 16.6 Å². The van der Waals surface area contributed by atoms with E-state index < -0.39 is 12.0 Å². The van der Waals surface area contributed by atoms with E-state index in [0.717, 1.165) is 10.2 Å². The minimum Gasteiger partial charge on any atom is -0.370 e. The van der Waals surface area contributed by atoms with Crippen LogP contribution in [0.15, 0.2) is 30.3 Å². The van der Waals surface area contributed by atoms with Gasteiger partial charge in [0.15, 0.2) is 0 Å². The Hall–Kier alpha value is -2.88. The second kappa shape index (κ2) is 7.18. The monoisotopic (exact) mass is 424 g/mol. The lowest BCUT2D eigenvalue weighted by atomic mass is 10.1. The van der Waals surface area contributed by atoms with Crippen molar-refractivity contribution in [1.82, 2.24) is 19.6 Å². The van der Waals surface area contributed by atoms with Crippen LogP contribution in [-0.2, 0) is 11.0 Å². The summed E-state index contributed by atoms with van der Waals surface area (Å²) in [5.74, 6) is -1.92. The standard InChI is InChI=1S/C18H16ClF3N6O/c1-10-8-14(24-17-25-16(18(20,21)22)26-28(10)17)23-15(29)11-6-7-27(9-11)13-5-3-2-4-12(13)19/h2-5,8,11H,6-7,9H2,1H3,(H,23,24,25,26,29). The van der Waals surface area contributed by atoms with E-state index in [-0.39, 0.29) is 23.4 Å². The highest BCUT2D eigenvalue weighted by atomic mass is 35.5. The van der Waals surface area contributed by atoms with Gasteiger partial charge in [-0.15, -0.1) is 5.10 Å². The summed E-state index contributed by atoms with van der Waals surface area (Å²) in [7, 11) is 0. The summed E-state index contributed by atoms with van der Waals surface area (Å²) in [6.07, 6.45) is -4.04. The molecule has 1 atom stereocenters. The molecule has 1 N–H and O–H groups in total. The predicted octanol–water partition coefficient (Wildman–Crippen LogP) is 3.57. The lowest BCUT2D eigenvalue weighted by molar-refractivity contribution is -0.144. The molecule has 152 valence electrons. The summed E-state index contributed by atoms with van der Waals surface area (Å²) in [6, 6.07) is 8.86. The molecule has 1 aliphatic rings. The molecular weight excluding hydrogens is 409 g/mol. The number of anilines is 2. The van der Waals surface area contributed by atoms with Crippen LogP contribution >= 0.6 is 11.6 Å². The molecule has 3 aromatic rings. The van der Waals surface area contributed by atoms with Crippen molar-refractivity contribution in [2.45, 2.75) is 19.5 Å². The average Bonchev–Trinajstić information content (AvgIpc) is 3.29. The van der Waals surface area contributed by atoms with Gasteiger partial charge in [0, 0.05) is 24.8 Å². The molecule has 0 saturated carbocycles. The zero-order valence-corrected chi connectivity index (χ0v) is 16.0. The zero-order valence-electron chi connectivity index (χ0n) is 15.2. The van der Waals surface area contributed by atoms with Gasteiger partial charge >= 0.3 is 6.18 Å². The number of aryl methyl sites for hydroxylation is 1. The largest absolute Gasteiger partial charge is 0.453 e. The first-order chi connectivity index (χ1) is 13.7. The Bertz CT molecular complexity index is 1080. The molecule has 1 fully saturated rings. The van der Waals surface area contributed by atoms with Gasteiger partial charge in [0.25, 0.3) is 11.6 Å². The van der Waals surface area contributed by atoms with E-state index >= 15 is 0 Å². The second-order valence-electron chi connectivity index (χ2n) is 6.80. The van der Waals surface area contributed by atoms with Gasteiger partial charge in [0.2, 0.25) is 5.91 Å². The van der Waals surface area contributed by atoms with Crippen molar-refractivity contribution in [2.24, 2.45) is 5.92 Å². The van der Waals surface area contributed by atoms with Crippen LogP contribution in [0.4, 0.5) is 24.7 Å². The zero-order chi connectivity index (χ0) is 20.8. The number of hydrogen-bond acceptors (Lipinski definition) is 5. The second-order valence-corrected chi connectivity index (χ2v) is 7.21. The topological polar surface area (TPSA) is 75.4 Å². The summed E-state index contributed by atoms with van der Waals surface area (Å²) < 4.78 is 39.5. The molecule has 2 aromatic heterocycles. The van der Waals surface area contributed by atoms with Crippen LogP contribution in [0.5, 0.6) is 0 Å². The van der Waals surface area contributed by atoms with Crippen LogP contribution in [0, 0.1) is 12.8 Å². The number of carbonyl (C=O) groups is 1. The van der Waals surface area contributed by atoms with Gasteiger partial charge in [-0.2, -0.15) is 23.1 Å². The first kappa shape index (κ1) is 19.4. The van der Waals surface area contributed by atoms with Gasteiger partial charge in [-0.25, -0.2) is 4.52 Å². The number of aromatic nitrogens is 4. The van der Waals surface area contributed by atoms with Crippen molar-refractivity contribution in [3.63, 3.8) is 0 Å².